The molecule has 1 aliphatic rings. The van der Waals surface area contributed by atoms with Gasteiger partial charge in [-0.15, -0.1) is 0 Å². The summed E-state index contributed by atoms with van der Waals surface area (Å²) in [5.41, 5.74) is 0. The second-order valence-electron chi connectivity index (χ2n) is 4.95. The highest BCUT2D eigenvalue weighted by Gasteiger charge is 2.26. The third-order valence-corrected chi connectivity index (χ3v) is 3.14. The van der Waals surface area contributed by atoms with Crippen LogP contribution in [0.2, 0.25) is 0 Å². The topological polar surface area (TPSA) is 29.5 Å². The Kier molecular flexibility index (Phi) is 4.90. The predicted molar refractivity (Wildman–Crippen MR) is 58.2 cm³/mol. The van der Waals surface area contributed by atoms with Crippen molar-refractivity contribution >= 4 is 0 Å². The van der Waals surface area contributed by atoms with Crippen LogP contribution in [0.1, 0.15) is 46.5 Å². The van der Waals surface area contributed by atoms with Crippen molar-refractivity contribution in [3.63, 3.8) is 0 Å². The van der Waals surface area contributed by atoms with E-state index in [4.69, 9.17) is 4.74 Å². The van der Waals surface area contributed by atoms with Crippen molar-refractivity contribution in [2.45, 2.75) is 58.7 Å². The van der Waals surface area contributed by atoms with Gasteiger partial charge in [0, 0.05) is 6.61 Å². The first-order valence-corrected chi connectivity index (χ1v) is 5.89. The monoisotopic (exact) mass is 200 g/mol. The maximum atomic E-state index is 9.80. The Morgan fingerprint density at radius 2 is 2.07 bits per heavy atom. The van der Waals surface area contributed by atoms with Crippen LogP contribution in [-0.4, -0.2) is 23.9 Å². The molecule has 0 amide bonds. The van der Waals surface area contributed by atoms with E-state index in [1.807, 2.05) is 0 Å². The summed E-state index contributed by atoms with van der Waals surface area (Å²) in [5.74, 6) is 1.25. The second-order valence-corrected chi connectivity index (χ2v) is 4.95. The molecule has 3 atom stereocenters. The Labute approximate surface area is 87.7 Å². The first kappa shape index (κ1) is 12.0. The van der Waals surface area contributed by atoms with Crippen LogP contribution in [0, 0.1) is 11.8 Å². The van der Waals surface area contributed by atoms with Gasteiger partial charge in [-0.2, -0.15) is 0 Å². The highest BCUT2D eigenvalue weighted by Crippen LogP contribution is 2.31. The molecule has 0 aromatic heterocycles. The zero-order valence-corrected chi connectivity index (χ0v) is 9.70. The van der Waals surface area contributed by atoms with Crippen LogP contribution in [0.4, 0.5) is 0 Å². The fourth-order valence-electron chi connectivity index (χ4n) is 2.25. The summed E-state index contributed by atoms with van der Waals surface area (Å²) in [4.78, 5) is 0. The molecule has 0 spiro atoms. The standard InChI is InChI=1S/C12H24O2/c1-9(2)14-7-6-11-8-10(3)4-5-12(11)13/h9-13H,4-8H2,1-3H3. The quantitative estimate of drug-likeness (QED) is 0.756. The SMILES string of the molecule is CC1CCC(O)C(CCOC(C)C)C1. The summed E-state index contributed by atoms with van der Waals surface area (Å²) in [6.45, 7) is 7.19. The zero-order chi connectivity index (χ0) is 10.6. The van der Waals surface area contributed by atoms with Crippen molar-refractivity contribution in [1.82, 2.24) is 0 Å². The highest BCUT2D eigenvalue weighted by atomic mass is 16.5. The molecule has 0 aromatic rings. The molecular formula is C12H24O2. The van der Waals surface area contributed by atoms with E-state index in [1.54, 1.807) is 0 Å². The van der Waals surface area contributed by atoms with Crippen LogP contribution in [-0.2, 0) is 4.74 Å². The Bertz CT molecular complexity index is 156. The lowest BCUT2D eigenvalue weighted by molar-refractivity contribution is 0.0131. The smallest absolute Gasteiger partial charge is 0.0569 e. The van der Waals surface area contributed by atoms with E-state index in [-0.39, 0.29) is 6.10 Å². The summed E-state index contributed by atoms with van der Waals surface area (Å²) in [5, 5.41) is 9.80. The van der Waals surface area contributed by atoms with Crippen LogP contribution >= 0.6 is 0 Å². The van der Waals surface area contributed by atoms with Gasteiger partial charge in [-0.3, -0.25) is 0 Å². The molecule has 2 nitrogen and oxygen atoms in total. The molecule has 14 heavy (non-hydrogen) atoms. The van der Waals surface area contributed by atoms with Crippen LogP contribution in [0.15, 0.2) is 0 Å². The van der Waals surface area contributed by atoms with Gasteiger partial charge in [-0.1, -0.05) is 6.92 Å². The number of aliphatic hydroxyl groups excluding tert-OH is 1. The molecule has 0 saturated heterocycles. The molecule has 3 unspecified atom stereocenters. The number of aliphatic hydroxyl groups is 1. The van der Waals surface area contributed by atoms with E-state index in [0.717, 1.165) is 25.4 Å². The number of rotatable bonds is 4. The van der Waals surface area contributed by atoms with E-state index in [0.29, 0.717) is 12.0 Å². The van der Waals surface area contributed by atoms with E-state index in [2.05, 4.69) is 20.8 Å². The molecule has 1 saturated carbocycles. The molecule has 0 aliphatic heterocycles. The molecule has 2 heteroatoms. The van der Waals surface area contributed by atoms with Crippen molar-refractivity contribution in [1.29, 1.82) is 0 Å². The molecule has 1 fully saturated rings. The lowest BCUT2D eigenvalue weighted by Gasteiger charge is -2.31. The minimum Gasteiger partial charge on any atom is -0.393 e. The maximum absolute atomic E-state index is 9.80. The minimum atomic E-state index is -0.0815. The summed E-state index contributed by atoms with van der Waals surface area (Å²) >= 11 is 0. The average Bonchev–Trinajstić information content (AvgIpc) is 2.10. The van der Waals surface area contributed by atoms with Gasteiger partial charge < -0.3 is 9.84 Å². The first-order valence-electron chi connectivity index (χ1n) is 5.89. The van der Waals surface area contributed by atoms with Crippen LogP contribution in [0.3, 0.4) is 0 Å². The van der Waals surface area contributed by atoms with Gasteiger partial charge in [0.2, 0.25) is 0 Å². The van der Waals surface area contributed by atoms with Crippen LogP contribution in [0.5, 0.6) is 0 Å². The molecule has 1 rings (SSSR count). The Balaban J connectivity index is 2.20. The molecule has 1 aliphatic carbocycles. The third kappa shape index (κ3) is 3.97. The van der Waals surface area contributed by atoms with E-state index in [9.17, 15) is 5.11 Å². The van der Waals surface area contributed by atoms with Gasteiger partial charge in [0.25, 0.3) is 0 Å². The van der Waals surface area contributed by atoms with E-state index in [1.165, 1.54) is 12.8 Å². The molecule has 0 radical (unpaired) electrons. The lowest BCUT2D eigenvalue weighted by atomic mass is 9.79. The maximum Gasteiger partial charge on any atom is 0.0569 e. The summed E-state index contributed by atoms with van der Waals surface area (Å²) in [7, 11) is 0. The van der Waals surface area contributed by atoms with Crippen molar-refractivity contribution in [3.8, 4) is 0 Å². The van der Waals surface area contributed by atoms with Crippen molar-refractivity contribution in [2.24, 2.45) is 11.8 Å². The van der Waals surface area contributed by atoms with Crippen molar-refractivity contribution < 1.29 is 9.84 Å². The largest absolute Gasteiger partial charge is 0.393 e. The summed E-state index contributed by atoms with van der Waals surface area (Å²) in [6, 6.07) is 0. The van der Waals surface area contributed by atoms with E-state index < -0.39 is 0 Å². The number of ether oxygens (including phenoxy) is 1. The first-order chi connectivity index (χ1) is 6.59. The number of hydrogen-bond donors (Lipinski definition) is 1. The van der Waals surface area contributed by atoms with Gasteiger partial charge in [0.05, 0.1) is 12.2 Å². The molecule has 84 valence electrons. The van der Waals surface area contributed by atoms with Crippen LogP contribution in [0.25, 0.3) is 0 Å². The molecule has 0 heterocycles. The van der Waals surface area contributed by atoms with Gasteiger partial charge in [-0.05, 0) is 51.4 Å². The summed E-state index contributed by atoms with van der Waals surface area (Å²) in [6.07, 6.45) is 4.58. The fraction of sp³-hybridized carbons (Fsp3) is 1.00. The van der Waals surface area contributed by atoms with Gasteiger partial charge >= 0.3 is 0 Å². The average molecular weight is 200 g/mol. The predicted octanol–water partition coefficient (Wildman–Crippen LogP) is 2.60. The van der Waals surface area contributed by atoms with Crippen LogP contribution < -0.4 is 0 Å². The Morgan fingerprint density at radius 3 is 2.71 bits per heavy atom. The molecule has 0 aromatic carbocycles. The highest BCUT2D eigenvalue weighted by molar-refractivity contribution is 4.77. The van der Waals surface area contributed by atoms with Gasteiger partial charge in [0.15, 0.2) is 0 Å². The molecule has 0 bridgehead atoms. The van der Waals surface area contributed by atoms with Crippen molar-refractivity contribution in [3.05, 3.63) is 0 Å². The Hall–Kier alpha value is -0.0800. The Morgan fingerprint density at radius 1 is 1.36 bits per heavy atom. The zero-order valence-electron chi connectivity index (χ0n) is 9.70. The van der Waals surface area contributed by atoms with Gasteiger partial charge in [-0.25, -0.2) is 0 Å². The second kappa shape index (κ2) is 5.72. The van der Waals surface area contributed by atoms with Crippen molar-refractivity contribution in [2.75, 3.05) is 6.61 Å². The summed E-state index contributed by atoms with van der Waals surface area (Å²) < 4.78 is 5.52. The lowest BCUT2D eigenvalue weighted by Crippen LogP contribution is -2.29. The molecular weight excluding hydrogens is 176 g/mol. The van der Waals surface area contributed by atoms with Gasteiger partial charge in [0.1, 0.15) is 0 Å². The molecule has 1 N–H and O–H groups in total. The minimum absolute atomic E-state index is 0.0815. The number of hydrogen-bond acceptors (Lipinski definition) is 2. The fourth-order valence-corrected chi connectivity index (χ4v) is 2.25. The van der Waals surface area contributed by atoms with E-state index >= 15 is 0 Å². The third-order valence-electron chi connectivity index (χ3n) is 3.14. The normalized spacial score (nSPS) is 33.6.